The molecule has 1 N–H and O–H groups in total. The van der Waals surface area contributed by atoms with Crippen molar-refractivity contribution in [3.8, 4) is 0 Å². The van der Waals surface area contributed by atoms with Crippen molar-refractivity contribution >= 4 is 5.91 Å². The second kappa shape index (κ2) is 6.37. The number of hydrogen-bond acceptors (Lipinski definition) is 3. The summed E-state index contributed by atoms with van der Waals surface area (Å²) in [6, 6.07) is 8.27. The Morgan fingerprint density at radius 3 is 2.75 bits per heavy atom. The lowest BCUT2D eigenvalue weighted by atomic mass is 10.0. The fourth-order valence-corrected chi connectivity index (χ4v) is 2.31. The molecule has 0 radical (unpaired) electrons. The third-order valence-corrected chi connectivity index (χ3v) is 3.73. The van der Waals surface area contributed by atoms with Gasteiger partial charge in [-0.1, -0.05) is 29.8 Å². The Labute approximate surface area is 121 Å². The van der Waals surface area contributed by atoms with Crippen LogP contribution < -0.4 is 5.32 Å². The molecule has 0 aromatic heterocycles. The minimum atomic E-state index is -0.168. The van der Waals surface area contributed by atoms with E-state index in [9.17, 15) is 4.79 Å². The second-order valence-electron chi connectivity index (χ2n) is 5.74. The first-order valence-electron chi connectivity index (χ1n) is 7.20. The van der Waals surface area contributed by atoms with Crippen molar-refractivity contribution in [2.45, 2.75) is 32.9 Å². The highest BCUT2D eigenvalue weighted by Gasteiger charge is 2.33. The van der Waals surface area contributed by atoms with Crippen LogP contribution in [0.4, 0.5) is 0 Å². The maximum atomic E-state index is 12.2. The first kappa shape index (κ1) is 15.0. The van der Waals surface area contributed by atoms with Crippen molar-refractivity contribution in [1.82, 2.24) is 10.2 Å². The van der Waals surface area contributed by atoms with Gasteiger partial charge in [0.05, 0.1) is 5.60 Å². The number of aryl methyl sites for hydroxylation is 1. The Hall–Kier alpha value is -1.39. The molecule has 0 spiro atoms. The summed E-state index contributed by atoms with van der Waals surface area (Å²) in [7, 11) is 0. The van der Waals surface area contributed by atoms with Gasteiger partial charge in [0.2, 0.25) is 5.91 Å². The summed E-state index contributed by atoms with van der Waals surface area (Å²) in [4.78, 5) is 14.1. The van der Waals surface area contributed by atoms with Crippen LogP contribution in [0.25, 0.3) is 0 Å². The van der Waals surface area contributed by atoms with Crippen LogP contribution in [0, 0.1) is 6.92 Å². The Kier molecular flexibility index (Phi) is 4.78. The maximum Gasteiger partial charge on any atom is 0.248 e. The van der Waals surface area contributed by atoms with E-state index in [1.807, 2.05) is 24.8 Å². The Morgan fingerprint density at radius 2 is 2.20 bits per heavy atom. The maximum absolute atomic E-state index is 12.2. The lowest BCUT2D eigenvalue weighted by Gasteiger charge is -2.39. The van der Waals surface area contributed by atoms with E-state index in [2.05, 4.69) is 30.4 Å². The molecule has 1 amide bonds. The number of nitrogens with one attached hydrogen (secondary N) is 1. The highest BCUT2D eigenvalue weighted by Crippen LogP contribution is 2.15. The molecule has 20 heavy (non-hydrogen) atoms. The average Bonchev–Trinajstić information content (AvgIpc) is 2.40. The van der Waals surface area contributed by atoms with E-state index >= 15 is 0 Å². The first-order valence-corrected chi connectivity index (χ1v) is 7.20. The molecule has 0 unspecified atom stereocenters. The Morgan fingerprint density at radius 1 is 1.45 bits per heavy atom. The van der Waals surface area contributed by atoms with Gasteiger partial charge in [-0.2, -0.15) is 0 Å². The summed E-state index contributed by atoms with van der Waals surface area (Å²) in [5.74, 6) is 0.0575. The number of nitrogens with zero attached hydrogens (tertiary/aromatic N) is 1. The highest BCUT2D eigenvalue weighted by atomic mass is 16.5. The SMILES string of the molecule is CCN(Cc1cccc(C)c1)C(=O)COC1(C)CNC1. The fourth-order valence-electron chi connectivity index (χ4n) is 2.31. The number of benzene rings is 1. The minimum absolute atomic E-state index is 0.0575. The first-order chi connectivity index (χ1) is 9.52. The number of carbonyl (C=O) groups excluding carboxylic acids is 1. The van der Waals surface area contributed by atoms with E-state index in [0.29, 0.717) is 13.1 Å². The predicted molar refractivity (Wildman–Crippen MR) is 79.5 cm³/mol. The number of carbonyl (C=O) groups is 1. The topological polar surface area (TPSA) is 41.6 Å². The lowest BCUT2D eigenvalue weighted by Crippen LogP contribution is -2.59. The number of amides is 1. The normalized spacial score (nSPS) is 16.6. The molecule has 0 bridgehead atoms. The summed E-state index contributed by atoms with van der Waals surface area (Å²) in [5.41, 5.74) is 2.21. The van der Waals surface area contributed by atoms with Gasteiger partial charge in [0, 0.05) is 26.2 Å². The molecule has 1 aromatic rings. The van der Waals surface area contributed by atoms with E-state index in [4.69, 9.17) is 4.74 Å². The number of ether oxygens (including phenoxy) is 1. The van der Waals surface area contributed by atoms with Crippen LogP contribution in [0.5, 0.6) is 0 Å². The van der Waals surface area contributed by atoms with Gasteiger partial charge in [-0.15, -0.1) is 0 Å². The summed E-state index contributed by atoms with van der Waals surface area (Å²) >= 11 is 0. The monoisotopic (exact) mass is 276 g/mol. The highest BCUT2D eigenvalue weighted by molar-refractivity contribution is 5.77. The smallest absolute Gasteiger partial charge is 0.248 e. The van der Waals surface area contributed by atoms with Crippen LogP contribution in [0.1, 0.15) is 25.0 Å². The summed E-state index contributed by atoms with van der Waals surface area (Å²) in [6.07, 6.45) is 0. The molecule has 1 aliphatic rings. The van der Waals surface area contributed by atoms with Crippen LogP contribution in [-0.4, -0.2) is 42.6 Å². The van der Waals surface area contributed by atoms with Crippen molar-refractivity contribution in [2.24, 2.45) is 0 Å². The number of likely N-dealkylation sites (N-methyl/N-ethyl adjacent to an activating group) is 1. The molecule has 1 heterocycles. The Bertz CT molecular complexity index is 469. The largest absolute Gasteiger partial charge is 0.363 e. The van der Waals surface area contributed by atoms with Crippen LogP contribution in [0.2, 0.25) is 0 Å². The molecular weight excluding hydrogens is 252 g/mol. The van der Waals surface area contributed by atoms with Crippen molar-refractivity contribution < 1.29 is 9.53 Å². The molecule has 0 saturated carbocycles. The van der Waals surface area contributed by atoms with E-state index < -0.39 is 0 Å². The van der Waals surface area contributed by atoms with E-state index in [1.54, 1.807) is 0 Å². The van der Waals surface area contributed by atoms with Crippen molar-refractivity contribution in [3.63, 3.8) is 0 Å². The van der Waals surface area contributed by atoms with Gasteiger partial charge >= 0.3 is 0 Å². The summed E-state index contributed by atoms with van der Waals surface area (Å²) in [5, 5.41) is 3.16. The van der Waals surface area contributed by atoms with Crippen LogP contribution in [0.3, 0.4) is 0 Å². The molecule has 1 aromatic carbocycles. The minimum Gasteiger partial charge on any atom is -0.363 e. The number of hydrogen-bond donors (Lipinski definition) is 1. The lowest BCUT2D eigenvalue weighted by molar-refractivity contribution is -0.146. The molecule has 110 valence electrons. The van der Waals surface area contributed by atoms with Crippen LogP contribution in [-0.2, 0) is 16.1 Å². The molecule has 0 atom stereocenters. The fraction of sp³-hybridized carbons (Fsp3) is 0.562. The van der Waals surface area contributed by atoms with Gasteiger partial charge in [-0.05, 0) is 26.3 Å². The van der Waals surface area contributed by atoms with Crippen molar-refractivity contribution in [1.29, 1.82) is 0 Å². The van der Waals surface area contributed by atoms with Gasteiger partial charge in [0.1, 0.15) is 6.61 Å². The molecule has 2 rings (SSSR count). The molecule has 1 fully saturated rings. The second-order valence-corrected chi connectivity index (χ2v) is 5.74. The standard InChI is InChI=1S/C16H24N2O2/c1-4-18(9-14-7-5-6-13(2)8-14)15(19)10-20-16(3)11-17-12-16/h5-8,17H,4,9-12H2,1-3H3. The molecule has 1 aliphatic heterocycles. The third kappa shape index (κ3) is 3.81. The average molecular weight is 276 g/mol. The van der Waals surface area contributed by atoms with Crippen molar-refractivity contribution in [3.05, 3.63) is 35.4 Å². The zero-order chi connectivity index (χ0) is 14.6. The van der Waals surface area contributed by atoms with Crippen LogP contribution in [0.15, 0.2) is 24.3 Å². The zero-order valence-electron chi connectivity index (χ0n) is 12.6. The Balaban J connectivity index is 1.88. The molecule has 1 saturated heterocycles. The molecule has 4 nitrogen and oxygen atoms in total. The third-order valence-electron chi connectivity index (χ3n) is 3.73. The van der Waals surface area contributed by atoms with E-state index in [-0.39, 0.29) is 18.1 Å². The van der Waals surface area contributed by atoms with Gasteiger partial charge < -0.3 is 15.0 Å². The van der Waals surface area contributed by atoms with Crippen LogP contribution >= 0.6 is 0 Å². The molecular formula is C16H24N2O2. The summed E-state index contributed by atoms with van der Waals surface area (Å²) in [6.45, 7) is 9.26. The summed E-state index contributed by atoms with van der Waals surface area (Å²) < 4.78 is 5.72. The van der Waals surface area contributed by atoms with Gasteiger partial charge in [-0.3, -0.25) is 4.79 Å². The zero-order valence-corrected chi connectivity index (χ0v) is 12.6. The van der Waals surface area contributed by atoms with E-state index in [0.717, 1.165) is 18.7 Å². The number of rotatable bonds is 6. The van der Waals surface area contributed by atoms with Gasteiger partial charge in [0.25, 0.3) is 0 Å². The molecule has 4 heteroatoms. The molecule has 0 aliphatic carbocycles. The van der Waals surface area contributed by atoms with Crippen molar-refractivity contribution in [2.75, 3.05) is 26.2 Å². The van der Waals surface area contributed by atoms with E-state index in [1.165, 1.54) is 5.56 Å². The predicted octanol–water partition coefficient (Wildman–Crippen LogP) is 1.72. The van der Waals surface area contributed by atoms with Gasteiger partial charge in [0.15, 0.2) is 0 Å². The quantitative estimate of drug-likeness (QED) is 0.860. The van der Waals surface area contributed by atoms with Gasteiger partial charge in [-0.25, -0.2) is 0 Å².